The van der Waals surface area contributed by atoms with Gasteiger partial charge in [0.25, 0.3) is 0 Å². The molecule has 1 aliphatic heterocycles. The van der Waals surface area contributed by atoms with Gasteiger partial charge in [0.1, 0.15) is 17.4 Å². The average molecular weight is 276 g/mol. The lowest BCUT2D eigenvalue weighted by Gasteiger charge is -2.32. The molecule has 0 amide bonds. The van der Waals surface area contributed by atoms with E-state index in [4.69, 9.17) is 14.6 Å². The molecule has 1 aliphatic rings. The van der Waals surface area contributed by atoms with Gasteiger partial charge in [0.05, 0.1) is 7.11 Å². The Balaban J connectivity index is 2.39. The fourth-order valence-electron chi connectivity index (χ4n) is 2.01. The van der Waals surface area contributed by atoms with Crippen LogP contribution in [-0.4, -0.2) is 30.5 Å². The van der Waals surface area contributed by atoms with Gasteiger partial charge < -0.3 is 14.6 Å². The maximum Gasteiger partial charge on any atom is 0.426 e. The van der Waals surface area contributed by atoms with Gasteiger partial charge in [0.2, 0.25) is 6.10 Å². The van der Waals surface area contributed by atoms with Crippen LogP contribution in [0.3, 0.4) is 0 Å². The number of alkyl halides is 3. The molecule has 0 saturated carbocycles. The highest BCUT2D eigenvalue weighted by Gasteiger charge is 2.52. The van der Waals surface area contributed by atoms with E-state index < -0.39 is 24.2 Å². The zero-order valence-corrected chi connectivity index (χ0v) is 9.90. The fraction of sp³-hybridized carbons (Fsp3) is 0.417. The Morgan fingerprint density at radius 2 is 2.16 bits per heavy atom. The van der Waals surface area contributed by atoms with Gasteiger partial charge in [-0.15, -0.1) is 0 Å². The number of ether oxygens (including phenoxy) is 2. The van der Waals surface area contributed by atoms with Gasteiger partial charge in [-0.3, -0.25) is 4.79 Å². The van der Waals surface area contributed by atoms with E-state index in [1.54, 1.807) is 6.07 Å². The molecule has 0 aliphatic carbocycles. The van der Waals surface area contributed by atoms with Crippen molar-refractivity contribution in [1.29, 1.82) is 0 Å². The lowest BCUT2D eigenvalue weighted by atomic mass is 9.90. The van der Waals surface area contributed by atoms with Crippen molar-refractivity contribution in [3.05, 3.63) is 23.8 Å². The minimum atomic E-state index is -4.73. The lowest BCUT2D eigenvalue weighted by molar-refractivity contribution is -0.217. The Hall–Kier alpha value is -1.92. The van der Waals surface area contributed by atoms with E-state index in [-0.39, 0.29) is 12.2 Å². The number of methoxy groups -OCH3 is 1. The highest BCUT2D eigenvalue weighted by Crippen LogP contribution is 2.39. The van der Waals surface area contributed by atoms with Crippen LogP contribution in [0.4, 0.5) is 13.2 Å². The summed E-state index contributed by atoms with van der Waals surface area (Å²) in [5.74, 6) is -2.79. The number of rotatable bonds is 2. The summed E-state index contributed by atoms with van der Waals surface area (Å²) in [7, 11) is 1.38. The number of fused-ring (bicyclic) bond motifs is 1. The average Bonchev–Trinajstić information content (AvgIpc) is 2.35. The summed E-state index contributed by atoms with van der Waals surface area (Å²) in [5.41, 5.74) is 0.425. The monoisotopic (exact) mass is 276 g/mol. The van der Waals surface area contributed by atoms with Crippen molar-refractivity contribution in [2.45, 2.75) is 18.7 Å². The summed E-state index contributed by atoms with van der Waals surface area (Å²) in [5, 5.41) is 8.89. The van der Waals surface area contributed by atoms with E-state index in [2.05, 4.69) is 0 Å². The third-order valence-electron chi connectivity index (χ3n) is 2.97. The van der Waals surface area contributed by atoms with Crippen LogP contribution >= 0.6 is 0 Å². The van der Waals surface area contributed by atoms with Crippen LogP contribution in [0, 0.1) is 5.92 Å². The molecule has 0 unspecified atom stereocenters. The molecule has 1 aromatic rings. The van der Waals surface area contributed by atoms with E-state index in [0.29, 0.717) is 11.3 Å². The predicted molar refractivity (Wildman–Crippen MR) is 58.3 cm³/mol. The third-order valence-corrected chi connectivity index (χ3v) is 2.97. The maximum absolute atomic E-state index is 12.8. The number of hydrogen-bond acceptors (Lipinski definition) is 3. The SMILES string of the molecule is COc1ccc2c(c1)O[C@@H](C(F)(F)F)[C@@H](C(=O)O)C2. The van der Waals surface area contributed by atoms with Crippen LogP contribution in [0.5, 0.6) is 11.5 Å². The van der Waals surface area contributed by atoms with E-state index in [1.165, 1.54) is 19.2 Å². The van der Waals surface area contributed by atoms with Crippen molar-refractivity contribution in [2.75, 3.05) is 7.11 Å². The number of hydrogen-bond donors (Lipinski definition) is 1. The Morgan fingerprint density at radius 1 is 1.47 bits per heavy atom. The number of carboxylic acid groups (broad SMARTS) is 1. The van der Waals surface area contributed by atoms with Crippen molar-refractivity contribution in [3.8, 4) is 11.5 Å². The van der Waals surface area contributed by atoms with Gasteiger partial charge in [-0.2, -0.15) is 13.2 Å². The third kappa shape index (κ3) is 2.59. The molecule has 0 spiro atoms. The molecule has 19 heavy (non-hydrogen) atoms. The van der Waals surface area contributed by atoms with Gasteiger partial charge >= 0.3 is 12.1 Å². The second kappa shape index (κ2) is 4.64. The van der Waals surface area contributed by atoms with Crippen LogP contribution < -0.4 is 9.47 Å². The van der Waals surface area contributed by atoms with Crippen molar-refractivity contribution in [1.82, 2.24) is 0 Å². The number of aliphatic carboxylic acids is 1. The molecule has 0 aromatic heterocycles. The standard InChI is InChI=1S/C12H11F3O4/c1-18-7-3-2-6-4-8(11(16)17)10(12(13,14)15)19-9(6)5-7/h2-3,5,8,10H,4H2,1H3,(H,16,17)/t8-,10+/m0/s1. The molecular formula is C12H11F3O4. The molecule has 104 valence electrons. The van der Waals surface area contributed by atoms with E-state index >= 15 is 0 Å². The number of carbonyl (C=O) groups is 1. The highest BCUT2D eigenvalue weighted by molar-refractivity contribution is 5.72. The van der Waals surface area contributed by atoms with Gasteiger partial charge in [-0.1, -0.05) is 6.07 Å². The van der Waals surface area contributed by atoms with Crippen LogP contribution in [0.2, 0.25) is 0 Å². The largest absolute Gasteiger partial charge is 0.497 e. The second-order valence-corrected chi connectivity index (χ2v) is 4.20. The Kier molecular flexibility index (Phi) is 3.30. The van der Waals surface area contributed by atoms with Crippen LogP contribution in [0.1, 0.15) is 5.56 Å². The summed E-state index contributed by atoms with van der Waals surface area (Å²) >= 11 is 0. The summed E-state index contributed by atoms with van der Waals surface area (Å²) in [4.78, 5) is 10.9. The number of halogens is 3. The molecule has 0 radical (unpaired) electrons. The van der Waals surface area contributed by atoms with Gasteiger partial charge in [0.15, 0.2) is 0 Å². The van der Waals surface area contributed by atoms with Crippen LogP contribution in [0.15, 0.2) is 18.2 Å². The molecule has 4 nitrogen and oxygen atoms in total. The number of carboxylic acids is 1. The zero-order chi connectivity index (χ0) is 14.2. The van der Waals surface area contributed by atoms with E-state index in [1.807, 2.05) is 0 Å². The quantitative estimate of drug-likeness (QED) is 0.900. The smallest absolute Gasteiger partial charge is 0.426 e. The first kappa shape index (κ1) is 13.5. The highest BCUT2D eigenvalue weighted by atomic mass is 19.4. The molecule has 7 heteroatoms. The molecule has 2 atom stereocenters. The topological polar surface area (TPSA) is 55.8 Å². The van der Waals surface area contributed by atoms with Crippen molar-refractivity contribution >= 4 is 5.97 Å². The van der Waals surface area contributed by atoms with Crippen LogP contribution in [0.25, 0.3) is 0 Å². The summed E-state index contributed by atoms with van der Waals surface area (Å²) in [6.07, 6.45) is -7.30. The van der Waals surface area contributed by atoms with E-state index in [0.717, 1.165) is 0 Å². The van der Waals surface area contributed by atoms with Crippen molar-refractivity contribution in [3.63, 3.8) is 0 Å². The normalized spacial score (nSPS) is 22.3. The first-order valence-corrected chi connectivity index (χ1v) is 5.46. The Labute approximate surface area is 106 Å². The predicted octanol–water partition coefficient (Wildman–Crippen LogP) is 2.26. The Bertz CT molecular complexity index is 498. The summed E-state index contributed by atoms with van der Waals surface area (Å²) < 4.78 is 48.2. The first-order chi connectivity index (χ1) is 8.82. The van der Waals surface area contributed by atoms with E-state index in [9.17, 15) is 18.0 Å². The van der Waals surface area contributed by atoms with Gasteiger partial charge in [-0.05, 0) is 18.1 Å². The molecule has 0 fully saturated rings. The minimum absolute atomic E-state index is 0.0131. The molecular weight excluding hydrogens is 265 g/mol. The zero-order valence-electron chi connectivity index (χ0n) is 9.90. The first-order valence-electron chi connectivity index (χ1n) is 5.46. The lowest BCUT2D eigenvalue weighted by Crippen LogP contribution is -2.47. The fourth-order valence-corrected chi connectivity index (χ4v) is 2.01. The molecule has 1 N–H and O–H groups in total. The molecule has 0 saturated heterocycles. The Morgan fingerprint density at radius 3 is 2.68 bits per heavy atom. The molecule has 1 aromatic carbocycles. The summed E-state index contributed by atoms with van der Waals surface area (Å²) in [6.45, 7) is 0. The second-order valence-electron chi connectivity index (χ2n) is 4.20. The van der Waals surface area contributed by atoms with Crippen molar-refractivity contribution < 1.29 is 32.5 Å². The molecule has 2 rings (SSSR count). The van der Waals surface area contributed by atoms with Gasteiger partial charge in [0, 0.05) is 6.07 Å². The minimum Gasteiger partial charge on any atom is -0.497 e. The van der Waals surface area contributed by atoms with Crippen LogP contribution in [-0.2, 0) is 11.2 Å². The molecule has 0 bridgehead atoms. The summed E-state index contributed by atoms with van der Waals surface area (Å²) in [6, 6.07) is 4.39. The maximum atomic E-state index is 12.8. The van der Waals surface area contributed by atoms with Crippen molar-refractivity contribution in [2.24, 2.45) is 5.92 Å². The van der Waals surface area contributed by atoms with Gasteiger partial charge in [-0.25, -0.2) is 0 Å². The number of benzene rings is 1. The molecule has 1 heterocycles.